The molecule has 1 aromatic heterocycles. The van der Waals surface area contributed by atoms with E-state index in [2.05, 4.69) is 20.8 Å². The lowest BCUT2D eigenvalue weighted by Gasteiger charge is -2.07. The predicted molar refractivity (Wildman–Crippen MR) is 91.1 cm³/mol. The fourth-order valence-electron chi connectivity index (χ4n) is 1.98. The van der Waals surface area contributed by atoms with Crippen molar-refractivity contribution in [2.75, 3.05) is 10.6 Å². The molecule has 3 aromatic rings. The lowest BCUT2D eigenvalue weighted by atomic mass is 10.2. The van der Waals surface area contributed by atoms with Gasteiger partial charge in [0.25, 0.3) is 5.91 Å². The summed E-state index contributed by atoms with van der Waals surface area (Å²) in [6, 6.07) is 16.1. The Labute approximate surface area is 142 Å². The number of aromatic nitrogens is 2. The van der Waals surface area contributed by atoms with E-state index in [1.54, 1.807) is 42.5 Å². The highest BCUT2D eigenvalue weighted by Crippen LogP contribution is 2.18. The third-order valence-corrected chi connectivity index (χ3v) is 3.39. The van der Waals surface area contributed by atoms with Crippen LogP contribution in [0.15, 0.2) is 60.7 Å². The number of nitrogens with one attached hydrogen (secondary N) is 2. The van der Waals surface area contributed by atoms with Crippen molar-refractivity contribution in [2.45, 2.75) is 0 Å². The third kappa shape index (κ3) is 3.85. The summed E-state index contributed by atoms with van der Waals surface area (Å²) in [7, 11) is 0. The summed E-state index contributed by atoms with van der Waals surface area (Å²) in [5.41, 5.74) is 0.750. The molecule has 5 nitrogen and oxygen atoms in total. The maximum atomic E-state index is 13.6. The third-order valence-electron chi connectivity index (χ3n) is 3.14. The summed E-state index contributed by atoms with van der Waals surface area (Å²) in [6.07, 6.45) is 0. The van der Waals surface area contributed by atoms with Gasteiger partial charge in [-0.2, -0.15) is 0 Å². The topological polar surface area (TPSA) is 66.9 Å². The van der Waals surface area contributed by atoms with E-state index in [9.17, 15) is 9.18 Å². The first kappa shape index (κ1) is 15.9. The molecule has 2 aromatic carbocycles. The van der Waals surface area contributed by atoms with Crippen molar-refractivity contribution in [1.82, 2.24) is 10.2 Å². The number of hydrogen-bond donors (Lipinski definition) is 2. The van der Waals surface area contributed by atoms with Gasteiger partial charge in [-0.3, -0.25) is 4.79 Å². The van der Waals surface area contributed by atoms with Crippen molar-refractivity contribution in [3.63, 3.8) is 0 Å². The van der Waals surface area contributed by atoms with E-state index >= 15 is 0 Å². The number of rotatable bonds is 4. The number of anilines is 3. The number of amides is 1. The Bertz CT molecular complexity index is 853. The van der Waals surface area contributed by atoms with Crippen LogP contribution in [0, 0.1) is 5.82 Å². The molecule has 0 radical (unpaired) electrons. The van der Waals surface area contributed by atoms with Crippen LogP contribution < -0.4 is 10.6 Å². The number of hydrogen-bond acceptors (Lipinski definition) is 4. The van der Waals surface area contributed by atoms with Crippen LogP contribution in [0.4, 0.5) is 21.7 Å². The second-order valence-corrected chi connectivity index (χ2v) is 5.31. The van der Waals surface area contributed by atoms with Crippen molar-refractivity contribution in [1.29, 1.82) is 0 Å². The van der Waals surface area contributed by atoms with Crippen LogP contribution >= 0.6 is 11.6 Å². The Morgan fingerprint density at radius 1 is 0.917 bits per heavy atom. The average molecular weight is 343 g/mol. The van der Waals surface area contributed by atoms with Gasteiger partial charge in [0.1, 0.15) is 5.82 Å². The molecule has 0 aliphatic carbocycles. The van der Waals surface area contributed by atoms with Crippen molar-refractivity contribution < 1.29 is 9.18 Å². The molecule has 0 atom stereocenters. The summed E-state index contributed by atoms with van der Waals surface area (Å²) in [4.78, 5) is 12.0. The molecule has 7 heteroatoms. The zero-order valence-corrected chi connectivity index (χ0v) is 13.1. The molecule has 0 aliphatic rings. The highest BCUT2D eigenvalue weighted by atomic mass is 35.5. The Hall–Kier alpha value is -2.99. The van der Waals surface area contributed by atoms with Gasteiger partial charge in [-0.15, -0.1) is 10.2 Å². The van der Waals surface area contributed by atoms with Crippen LogP contribution in [-0.2, 0) is 0 Å². The molecule has 3 rings (SSSR count). The molecule has 0 bridgehead atoms. The minimum Gasteiger partial charge on any atom is -0.339 e. The smallest absolute Gasteiger partial charge is 0.259 e. The SMILES string of the molecule is O=C(Nc1ccc(Nc2ccc(Cl)cc2)nn1)c1ccccc1F. The lowest BCUT2D eigenvalue weighted by Crippen LogP contribution is -2.15. The summed E-state index contributed by atoms with van der Waals surface area (Å²) in [5, 5.41) is 14.0. The minimum atomic E-state index is -0.594. The van der Waals surface area contributed by atoms with Crippen LogP contribution in [0.1, 0.15) is 10.4 Å². The molecular weight excluding hydrogens is 331 g/mol. The molecule has 2 N–H and O–H groups in total. The fourth-order valence-corrected chi connectivity index (χ4v) is 2.10. The molecule has 0 aliphatic heterocycles. The second-order valence-electron chi connectivity index (χ2n) is 4.87. The Morgan fingerprint density at radius 2 is 1.58 bits per heavy atom. The number of carbonyl (C=O) groups excluding carboxylic acids is 1. The standard InChI is InChI=1S/C17H12ClFN4O/c18-11-5-7-12(8-6-11)20-15-9-10-16(23-22-15)21-17(24)13-3-1-2-4-14(13)19/h1-10H,(H,20,22)(H,21,23,24). The Kier molecular flexibility index (Phi) is 4.67. The highest BCUT2D eigenvalue weighted by Gasteiger charge is 2.11. The highest BCUT2D eigenvalue weighted by molar-refractivity contribution is 6.30. The second kappa shape index (κ2) is 7.06. The van der Waals surface area contributed by atoms with Crippen LogP contribution in [0.5, 0.6) is 0 Å². The molecular formula is C17H12ClFN4O. The molecule has 1 heterocycles. The van der Waals surface area contributed by atoms with Gasteiger partial charge in [0.05, 0.1) is 5.56 Å². The minimum absolute atomic E-state index is 0.0531. The van der Waals surface area contributed by atoms with Crippen LogP contribution in [0.2, 0.25) is 5.02 Å². The summed E-state index contributed by atoms with van der Waals surface area (Å²) in [5.74, 6) is -0.448. The van der Waals surface area contributed by atoms with Crippen LogP contribution in [0.3, 0.4) is 0 Å². The summed E-state index contributed by atoms with van der Waals surface area (Å²) in [6.45, 7) is 0. The van der Waals surface area contributed by atoms with E-state index in [0.717, 1.165) is 5.69 Å². The number of benzene rings is 2. The van der Waals surface area contributed by atoms with E-state index in [4.69, 9.17) is 11.6 Å². The maximum absolute atomic E-state index is 13.6. The van der Waals surface area contributed by atoms with Crippen molar-refractivity contribution in [3.05, 3.63) is 77.1 Å². The van der Waals surface area contributed by atoms with E-state index in [0.29, 0.717) is 10.8 Å². The molecule has 0 unspecified atom stereocenters. The first-order chi connectivity index (χ1) is 11.6. The number of halogens is 2. The molecule has 1 amide bonds. The fraction of sp³-hybridized carbons (Fsp3) is 0. The lowest BCUT2D eigenvalue weighted by molar-refractivity contribution is 0.102. The quantitative estimate of drug-likeness (QED) is 0.743. The molecule has 0 fully saturated rings. The van der Waals surface area contributed by atoms with Crippen molar-refractivity contribution >= 4 is 34.8 Å². The molecule has 0 spiro atoms. The monoisotopic (exact) mass is 342 g/mol. The van der Waals surface area contributed by atoms with E-state index in [1.807, 2.05) is 0 Å². The van der Waals surface area contributed by atoms with Gasteiger partial charge in [-0.05, 0) is 48.5 Å². The van der Waals surface area contributed by atoms with Gasteiger partial charge in [0.15, 0.2) is 11.6 Å². The van der Waals surface area contributed by atoms with Gasteiger partial charge in [0, 0.05) is 10.7 Å². The molecule has 0 saturated carbocycles. The summed E-state index contributed by atoms with van der Waals surface area (Å²) >= 11 is 5.82. The summed E-state index contributed by atoms with van der Waals surface area (Å²) < 4.78 is 13.6. The van der Waals surface area contributed by atoms with E-state index in [-0.39, 0.29) is 11.4 Å². The molecule has 0 saturated heterocycles. The van der Waals surface area contributed by atoms with E-state index < -0.39 is 11.7 Å². The molecule has 24 heavy (non-hydrogen) atoms. The predicted octanol–water partition coefficient (Wildman–Crippen LogP) is 4.27. The largest absolute Gasteiger partial charge is 0.339 e. The molecule has 120 valence electrons. The number of nitrogens with zero attached hydrogens (tertiary/aromatic N) is 2. The van der Waals surface area contributed by atoms with Gasteiger partial charge >= 0.3 is 0 Å². The van der Waals surface area contributed by atoms with Gasteiger partial charge in [-0.25, -0.2) is 4.39 Å². The first-order valence-electron chi connectivity index (χ1n) is 7.04. The van der Waals surface area contributed by atoms with Crippen LogP contribution in [-0.4, -0.2) is 16.1 Å². The van der Waals surface area contributed by atoms with Gasteiger partial charge < -0.3 is 10.6 Å². The first-order valence-corrected chi connectivity index (χ1v) is 7.42. The zero-order valence-electron chi connectivity index (χ0n) is 12.3. The van der Waals surface area contributed by atoms with Gasteiger partial charge in [-0.1, -0.05) is 23.7 Å². The van der Waals surface area contributed by atoms with Crippen molar-refractivity contribution in [2.24, 2.45) is 0 Å². The maximum Gasteiger partial charge on any atom is 0.259 e. The van der Waals surface area contributed by atoms with E-state index in [1.165, 1.54) is 18.2 Å². The number of carbonyl (C=O) groups is 1. The average Bonchev–Trinajstić information content (AvgIpc) is 2.59. The van der Waals surface area contributed by atoms with Gasteiger partial charge in [0.2, 0.25) is 0 Å². The van der Waals surface area contributed by atoms with Crippen LogP contribution in [0.25, 0.3) is 0 Å². The Morgan fingerprint density at radius 3 is 2.25 bits per heavy atom. The normalized spacial score (nSPS) is 10.2. The van der Waals surface area contributed by atoms with Crippen molar-refractivity contribution in [3.8, 4) is 0 Å². The zero-order chi connectivity index (χ0) is 16.9. The Balaban J connectivity index is 1.67.